The molecule has 2 bridgehead atoms. The number of pyridine rings is 1. The molecule has 0 aliphatic carbocycles. The highest BCUT2D eigenvalue weighted by Crippen LogP contribution is 2.27. The van der Waals surface area contributed by atoms with Crippen LogP contribution in [0.15, 0.2) is 18.5 Å². The van der Waals surface area contributed by atoms with Gasteiger partial charge in [0.25, 0.3) is 0 Å². The first-order chi connectivity index (χ1) is 8.86. The van der Waals surface area contributed by atoms with Gasteiger partial charge >= 0.3 is 0 Å². The zero-order valence-corrected chi connectivity index (χ0v) is 11.0. The first-order valence-electron chi connectivity index (χ1n) is 6.85. The van der Waals surface area contributed by atoms with Crippen molar-refractivity contribution in [3.05, 3.63) is 18.5 Å². The molecule has 1 aromatic heterocycles. The van der Waals surface area contributed by atoms with E-state index in [1.807, 2.05) is 6.20 Å². The van der Waals surface area contributed by atoms with Crippen LogP contribution in [-0.4, -0.2) is 49.2 Å². The van der Waals surface area contributed by atoms with Gasteiger partial charge < -0.3 is 14.5 Å². The summed E-state index contributed by atoms with van der Waals surface area (Å²) in [4.78, 5) is 9.40. The zero-order valence-electron chi connectivity index (χ0n) is 11.0. The van der Waals surface area contributed by atoms with E-state index in [2.05, 4.69) is 20.9 Å². The molecule has 18 heavy (non-hydrogen) atoms. The number of fused-ring (bicyclic) bond motifs is 3. The third kappa shape index (κ3) is 2.29. The number of aromatic nitrogens is 1. The van der Waals surface area contributed by atoms with Crippen LogP contribution in [0, 0.1) is 0 Å². The Balaban J connectivity index is 1.85. The van der Waals surface area contributed by atoms with Crippen LogP contribution in [0.2, 0.25) is 0 Å². The predicted octanol–water partition coefficient (Wildman–Crippen LogP) is 1.76. The van der Waals surface area contributed by atoms with Crippen LogP contribution < -0.4 is 9.64 Å². The van der Waals surface area contributed by atoms with Crippen molar-refractivity contribution in [3.8, 4) is 5.75 Å². The minimum Gasteiger partial charge on any atom is -0.495 e. The molecule has 0 aromatic carbocycles. The van der Waals surface area contributed by atoms with Crippen molar-refractivity contribution in [1.29, 1.82) is 0 Å². The average molecular weight is 247 g/mol. The van der Waals surface area contributed by atoms with E-state index in [1.165, 1.54) is 44.6 Å². The average Bonchev–Trinajstić information content (AvgIpc) is 2.74. The van der Waals surface area contributed by atoms with Gasteiger partial charge in [0.2, 0.25) is 0 Å². The molecule has 4 heteroatoms. The van der Waals surface area contributed by atoms with Gasteiger partial charge in [0.05, 0.1) is 25.2 Å². The largest absolute Gasteiger partial charge is 0.495 e. The normalized spacial score (nSPS) is 27.7. The Labute approximate surface area is 109 Å². The zero-order chi connectivity index (χ0) is 12.4. The first kappa shape index (κ1) is 11.8. The van der Waals surface area contributed by atoms with E-state index in [4.69, 9.17) is 4.74 Å². The predicted molar refractivity (Wildman–Crippen MR) is 72.2 cm³/mol. The number of ether oxygens (including phenoxy) is 1. The van der Waals surface area contributed by atoms with Crippen LogP contribution in [0.4, 0.5) is 5.69 Å². The molecule has 0 radical (unpaired) electrons. The molecule has 0 amide bonds. The molecule has 0 N–H and O–H groups in total. The molecule has 3 rings (SSSR count). The fourth-order valence-corrected chi connectivity index (χ4v) is 3.12. The van der Waals surface area contributed by atoms with Crippen molar-refractivity contribution in [2.75, 3.05) is 38.2 Å². The smallest absolute Gasteiger partial charge is 0.139 e. The number of nitrogens with zero attached hydrogens (tertiary/aromatic N) is 3. The maximum atomic E-state index is 5.28. The fourth-order valence-electron chi connectivity index (χ4n) is 3.12. The molecule has 4 nitrogen and oxygen atoms in total. The third-order valence-electron chi connectivity index (χ3n) is 4.15. The Morgan fingerprint density at radius 2 is 2.11 bits per heavy atom. The highest BCUT2D eigenvalue weighted by atomic mass is 16.5. The molecule has 2 aliphatic rings. The minimum absolute atomic E-state index is 0.673. The van der Waals surface area contributed by atoms with Gasteiger partial charge in [0.15, 0.2) is 0 Å². The highest BCUT2D eigenvalue weighted by Gasteiger charge is 2.27. The van der Waals surface area contributed by atoms with Gasteiger partial charge in [-0.1, -0.05) is 0 Å². The monoisotopic (exact) mass is 247 g/mol. The molecule has 2 unspecified atom stereocenters. The van der Waals surface area contributed by atoms with Crippen molar-refractivity contribution in [2.45, 2.75) is 25.3 Å². The second-order valence-corrected chi connectivity index (χ2v) is 5.20. The van der Waals surface area contributed by atoms with Crippen molar-refractivity contribution in [2.24, 2.45) is 0 Å². The summed E-state index contributed by atoms with van der Waals surface area (Å²) in [5, 5.41) is 0. The molecule has 0 saturated carbocycles. The summed E-state index contributed by atoms with van der Waals surface area (Å²) in [6, 6.07) is 2.78. The number of anilines is 1. The van der Waals surface area contributed by atoms with Crippen LogP contribution in [0.3, 0.4) is 0 Å². The Bertz CT molecular complexity index is 410. The fraction of sp³-hybridized carbons (Fsp3) is 0.643. The van der Waals surface area contributed by atoms with Gasteiger partial charge in [0.1, 0.15) is 5.75 Å². The lowest BCUT2D eigenvalue weighted by molar-refractivity contribution is 0.298. The summed E-state index contributed by atoms with van der Waals surface area (Å²) in [5.74, 6) is 0.851. The molecular formula is C14H21N3O. The quantitative estimate of drug-likeness (QED) is 0.796. The molecule has 3 heterocycles. The molecular weight excluding hydrogens is 226 g/mol. The molecule has 2 fully saturated rings. The van der Waals surface area contributed by atoms with Gasteiger partial charge in [-0.2, -0.15) is 0 Å². The van der Waals surface area contributed by atoms with Gasteiger partial charge in [-0.05, 0) is 25.8 Å². The summed E-state index contributed by atoms with van der Waals surface area (Å²) in [6.07, 6.45) is 7.63. The summed E-state index contributed by atoms with van der Waals surface area (Å²) in [7, 11) is 1.70. The van der Waals surface area contributed by atoms with Crippen LogP contribution in [0.25, 0.3) is 0 Å². The topological polar surface area (TPSA) is 28.6 Å². The van der Waals surface area contributed by atoms with Crippen LogP contribution in [0.1, 0.15) is 19.3 Å². The lowest BCUT2D eigenvalue weighted by Gasteiger charge is -2.33. The van der Waals surface area contributed by atoms with E-state index in [0.29, 0.717) is 6.04 Å². The highest BCUT2D eigenvalue weighted by molar-refractivity contribution is 5.49. The molecule has 0 spiro atoms. The van der Waals surface area contributed by atoms with Crippen molar-refractivity contribution in [3.63, 3.8) is 0 Å². The molecule has 2 saturated heterocycles. The van der Waals surface area contributed by atoms with Gasteiger partial charge in [-0.3, -0.25) is 4.98 Å². The Kier molecular flexibility index (Phi) is 3.37. The van der Waals surface area contributed by atoms with E-state index < -0.39 is 0 Å². The first-order valence-corrected chi connectivity index (χ1v) is 6.85. The number of hydrogen-bond acceptors (Lipinski definition) is 4. The molecule has 1 aromatic rings. The standard InChI is InChI=1S/C14H21N3O/c1-18-14-9-13(10-15-11-14)17-8-7-16-5-2-3-12(17)4-6-16/h9-12H,2-8H2,1H3. The lowest BCUT2D eigenvalue weighted by Crippen LogP contribution is -2.39. The molecule has 2 atom stereocenters. The maximum Gasteiger partial charge on any atom is 0.139 e. The third-order valence-corrected chi connectivity index (χ3v) is 4.15. The maximum absolute atomic E-state index is 5.28. The summed E-state index contributed by atoms with van der Waals surface area (Å²) in [5.41, 5.74) is 1.21. The summed E-state index contributed by atoms with van der Waals surface area (Å²) < 4.78 is 5.28. The minimum atomic E-state index is 0.673. The molecule has 98 valence electrons. The van der Waals surface area contributed by atoms with Gasteiger partial charge in [0, 0.05) is 31.7 Å². The van der Waals surface area contributed by atoms with E-state index >= 15 is 0 Å². The van der Waals surface area contributed by atoms with E-state index in [9.17, 15) is 0 Å². The second kappa shape index (κ2) is 5.14. The Morgan fingerprint density at radius 1 is 1.17 bits per heavy atom. The second-order valence-electron chi connectivity index (χ2n) is 5.20. The number of rotatable bonds is 2. The SMILES string of the molecule is COc1cncc(N2CCN3CCCC2CC3)c1. The summed E-state index contributed by atoms with van der Waals surface area (Å²) in [6.45, 7) is 4.81. The Morgan fingerprint density at radius 3 is 3.00 bits per heavy atom. The lowest BCUT2D eigenvalue weighted by atomic mass is 10.1. The number of methoxy groups -OCH3 is 1. The van der Waals surface area contributed by atoms with Gasteiger partial charge in [-0.25, -0.2) is 0 Å². The Hall–Kier alpha value is -1.29. The van der Waals surface area contributed by atoms with E-state index in [0.717, 1.165) is 12.3 Å². The van der Waals surface area contributed by atoms with E-state index in [-0.39, 0.29) is 0 Å². The molecule has 2 aliphatic heterocycles. The summed E-state index contributed by atoms with van der Waals surface area (Å²) >= 11 is 0. The van der Waals surface area contributed by atoms with Gasteiger partial charge in [-0.15, -0.1) is 0 Å². The van der Waals surface area contributed by atoms with E-state index in [1.54, 1.807) is 13.3 Å². The van der Waals surface area contributed by atoms with Crippen LogP contribution in [-0.2, 0) is 0 Å². The van der Waals surface area contributed by atoms with Crippen LogP contribution >= 0.6 is 0 Å². The van der Waals surface area contributed by atoms with Crippen molar-refractivity contribution < 1.29 is 4.74 Å². The van der Waals surface area contributed by atoms with Crippen LogP contribution in [0.5, 0.6) is 5.75 Å². The van der Waals surface area contributed by atoms with Crippen molar-refractivity contribution in [1.82, 2.24) is 9.88 Å². The van der Waals surface area contributed by atoms with Crippen molar-refractivity contribution >= 4 is 5.69 Å². The number of hydrogen-bond donors (Lipinski definition) is 0.